The van der Waals surface area contributed by atoms with Crippen molar-refractivity contribution in [3.63, 3.8) is 0 Å². The number of rotatable bonds is 10. The van der Waals surface area contributed by atoms with Crippen molar-refractivity contribution < 1.29 is 68.3 Å². The predicted octanol–water partition coefficient (Wildman–Crippen LogP) is 5.82. The van der Waals surface area contributed by atoms with E-state index < -0.39 is 67.8 Å². The van der Waals surface area contributed by atoms with Crippen LogP contribution >= 0.6 is 22.7 Å². The van der Waals surface area contributed by atoms with Crippen LogP contribution in [0.3, 0.4) is 0 Å². The van der Waals surface area contributed by atoms with Crippen molar-refractivity contribution in [3.8, 4) is 0 Å². The quantitative estimate of drug-likeness (QED) is 0.109. The molecule has 2 aromatic heterocycles. The first-order valence-corrected chi connectivity index (χ1v) is 24.3. The van der Waals surface area contributed by atoms with Gasteiger partial charge in [-0.15, -0.1) is 22.7 Å². The van der Waals surface area contributed by atoms with E-state index in [-0.39, 0.29) is 58.6 Å². The number of hydrogen-bond donors (Lipinski definition) is 5. The monoisotopic (exact) mass is 968 g/mol. The van der Waals surface area contributed by atoms with Gasteiger partial charge in [-0.3, -0.25) is 24.0 Å². The van der Waals surface area contributed by atoms with Gasteiger partial charge in [0.2, 0.25) is 11.8 Å². The molecule has 3 aliphatic heterocycles. The zero-order chi connectivity index (χ0) is 50.3. The van der Waals surface area contributed by atoms with Crippen molar-refractivity contribution in [2.24, 2.45) is 45.0 Å². The van der Waals surface area contributed by atoms with Gasteiger partial charge in [-0.2, -0.15) is 0 Å². The number of carbonyl (C=O) groups excluding carboxylic acids is 5. The molecule has 1 saturated heterocycles. The van der Waals surface area contributed by atoms with E-state index in [0.29, 0.717) is 28.4 Å². The number of fused-ring (bicyclic) bond motifs is 2. The van der Waals surface area contributed by atoms with Crippen LogP contribution < -0.4 is 41.0 Å². The molecule has 3 aliphatic rings. The Morgan fingerprint density at radius 2 is 1.07 bits per heavy atom. The first kappa shape index (κ1) is 62.3. The maximum absolute atomic E-state index is 13.7. The average molecular weight is 968 g/mol. The molecule has 2 aromatic rings. The number of thiophene rings is 2. The van der Waals surface area contributed by atoms with E-state index in [1.807, 2.05) is 125 Å². The summed E-state index contributed by atoms with van der Waals surface area (Å²) in [5.41, 5.74) is 7.85. The Morgan fingerprint density at radius 1 is 0.701 bits per heavy atom. The molecule has 0 spiro atoms. The second kappa shape index (κ2) is 22.1. The smallest absolute Gasteiger partial charge is 1.00 e. The zero-order valence-corrected chi connectivity index (χ0v) is 45.9. The number of ether oxygens (including phenoxy) is 4. The summed E-state index contributed by atoms with van der Waals surface area (Å²) in [5.74, 6) is -3.09. The summed E-state index contributed by atoms with van der Waals surface area (Å²) < 4.78 is 22.5. The van der Waals surface area contributed by atoms with Crippen LogP contribution in [0.25, 0.3) is 0 Å². The van der Waals surface area contributed by atoms with Crippen molar-refractivity contribution in [1.82, 2.24) is 0 Å². The van der Waals surface area contributed by atoms with Gasteiger partial charge in [-0.1, -0.05) is 69.2 Å². The average Bonchev–Trinajstić information content (AvgIpc) is 3.87. The number of aliphatic hydroxyl groups excluding tert-OH is 1. The van der Waals surface area contributed by atoms with Crippen molar-refractivity contribution in [2.45, 2.75) is 173 Å². The molecule has 373 valence electrons. The summed E-state index contributed by atoms with van der Waals surface area (Å²) in [6.07, 6.45) is 3.58. The van der Waals surface area contributed by atoms with Crippen molar-refractivity contribution in [3.05, 3.63) is 32.0 Å². The van der Waals surface area contributed by atoms with Crippen LogP contribution in [0.5, 0.6) is 0 Å². The second-order valence-electron chi connectivity index (χ2n) is 22.5. The van der Waals surface area contributed by atoms with E-state index in [9.17, 15) is 29.1 Å². The summed E-state index contributed by atoms with van der Waals surface area (Å²) in [6.45, 7) is 36.2. The number of primary amides is 2. The van der Waals surface area contributed by atoms with Gasteiger partial charge in [0, 0.05) is 44.2 Å². The SMILES string of the molecule is C1CCOC1.CC(C)C(CO)(C(=O)Nc1sc2c(c1C(N)=O)CC(C)(C)OC2(C)C)C(C)(C)C.COC(=O)C(C(=O)Nc1sc2c(c1C(N)=O)CC(C)(C)OC2(C)C)(C(C)C)C(C)(C)C.[B].[H-].[Li+]. The Bertz CT molecular complexity index is 2110. The van der Waals surface area contributed by atoms with Gasteiger partial charge in [0.05, 0.1) is 52.7 Å². The molecule has 18 heteroatoms. The molecule has 67 heavy (non-hydrogen) atoms. The molecule has 5 rings (SSSR count). The second-order valence-corrected chi connectivity index (χ2v) is 24.6. The van der Waals surface area contributed by atoms with Crippen molar-refractivity contribution in [2.75, 3.05) is 37.6 Å². The molecule has 0 aliphatic carbocycles. The molecule has 2 atom stereocenters. The number of carbonyl (C=O) groups is 5. The Hall–Kier alpha value is -2.75. The molecule has 3 radical (unpaired) electrons. The largest absolute Gasteiger partial charge is 1.00 e. The van der Waals surface area contributed by atoms with Crippen LogP contribution in [-0.2, 0) is 57.4 Å². The van der Waals surface area contributed by atoms with Crippen LogP contribution in [-0.4, -0.2) is 81.3 Å². The number of aliphatic hydroxyl groups is 1. The molecule has 14 nitrogen and oxygen atoms in total. The summed E-state index contributed by atoms with van der Waals surface area (Å²) in [7, 11) is 1.28. The Balaban J connectivity index is 0.00000115. The van der Waals surface area contributed by atoms with Gasteiger partial charge < -0.3 is 47.6 Å². The number of nitrogens with two attached hydrogens (primary N) is 2. The predicted molar refractivity (Wildman–Crippen MR) is 266 cm³/mol. The third kappa shape index (κ3) is 12.6. The Kier molecular flexibility index (Phi) is 20.6. The van der Waals surface area contributed by atoms with Gasteiger partial charge in [-0.05, 0) is 102 Å². The van der Waals surface area contributed by atoms with Gasteiger partial charge in [0.1, 0.15) is 10.0 Å². The van der Waals surface area contributed by atoms with Gasteiger partial charge in [0.15, 0.2) is 5.41 Å². The summed E-state index contributed by atoms with van der Waals surface area (Å²) >= 11 is 2.61. The zero-order valence-electron chi connectivity index (χ0n) is 45.3. The van der Waals surface area contributed by atoms with Crippen LogP contribution in [0, 0.1) is 33.5 Å². The molecule has 5 heterocycles. The number of anilines is 2. The minimum Gasteiger partial charge on any atom is -1.00 e. The first-order chi connectivity index (χ1) is 29.4. The minimum absolute atomic E-state index is 0. The molecule has 1 fully saturated rings. The minimum atomic E-state index is -1.47. The molecule has 4 amide bonds. The van der Waals surface area contributed by atoms with E-state index in [1.54, 1.807) is 0 Å². The van der Waals surface area contributed by atoms with Crippen LogP contribution in [0.15, 0.2) is 0 Å². The van der Waals surface area contributed by atoms with E-state index in [0.717, 1.165) is 34.1 Å². The maximum atomic E-state index is 13.7. The Labute approximate surface area is 424 Å². The number of hydrogen-bond acceptors (Lipinski definition) is 12. The summed E-state index contributed by atoms with van der Waals surface area (Å²) in [6, 6.07) is 0. The third-order valence-corrected chi connectivity index (χ3v) is 15.9. The topological polar surface area (TPSA) is 219 Å². The van der Waals surface area contributed by atoms with E-state index in [2.05, 4.69) is 10.6 Å². The fourth-order valence-corrected chi connectivity index (χ4v) is 13.0. The molecule has 0 bridgehead atoms. The van der Waals surface area contributed by atoms with E-state index in [4.69, 9.17) is 30.4 Å². The van der Waals surface area contributed by atoms with Crippen LogP contribution in [0.1, 0.15) is 180 Å². The number of nitrogens with one attached hydrogen (secondary N) is 2. The summed E-state index contributed by atoms with van der Waals surface area (Å²) in [5, 5.41) is 16.9. The fourth-order valence-electron chi connectivity index (χ4n) is 10.5. The van der Waals surface area contributed by atoms with Crippen LogP contribution in [0.4, 0.5) is 10.0 Å². The first-order valence-electron chi connectivity index (χ1n) is 22.6. The molecule has 2 unspecified atom stereocenters. The van der Waals surface area contributed by atoms with Crippen LogP contribution in [0.2, 0.25) is 0 Å². The maximum Gasteiger partial charge on any atom is 1.00 e. The van der Waals surface area contributed by atoms with E-state index >= 15 is 0 Å². The molecule has 0 aromatic carbocycles. The fraction of sp³-hybridized carbons (Fsp3) is 0.735. The molecule has 0 saturated carbocycles. The Morgan fingerprint density at radius 3 is 1.33 bits per heavy atom. The standard InChI is InChI=1S/C23H36N2O5S.C22H36N2O4S.C4H8O.B.Li.H/c1-12(2)23(19(28)29-10,20(3,4)5)18(27)25-17-14(16(24)26)13-11-21(6,7)30-22(8,9)15(13)31-17;1-12(2)22(11-25,19(3,4)5)18(27)24-17-14(16(23)26)13-10-20(6,7)28-21(8,9)15(13)29-17;1-2-4-5-3-1;;;/h12H,11H2,1-10H3,(H2,24,26)(H,25,27);12,25H,10-11H2,1-9H3,(H2,23,26)(H,24,27);1-4H2;;;/q;;;;+1;-1. The molecular weight excluding hydrogens is 886 g/mol. The van der Waals surface area contributed by atoms with Gasteiger partial charge in [0.25, 0.3) is 11.8 Å². The van der Waals surface area contributed by atoms with Gasteiger partial charge >= 0.3 is 24.8 Å². The normalized spacial score (nSPS) is 19.4. The number of methoxy groups -OCH3 is 1. The van der Waals surface area contributed by atoms with E-state index in [1.165, 1.54) is 42.6 Å². The summed E-state index contributed by atoms with van der Waals surface area (Å²) in [4.78, 5) is 66.8. The van der Waals surface area contributed by atoms with Crippen molar-refractivity contribution >= 4 is 70.7 Å². The molecule has 7 N–H and O–H groups in total. The number of amides is 4. The molecular formula is C49H81BLiN4O10S2. The number of esters is 1. The van der Waals surface area contributed by atoms with Gasteiger partial charge in [-0.25, -0.2) is 0 Å². The van der Waals surface area contributed by atoms with Crippen molar-refractivity contribution in [1.29, 1.82) is 0 Å². The third-order valence-electron chi connectivity index (χ3n) is 13.0.